The molecule has 0 bridgehead atoms. The summed E-state index contributed by atoms with van der Waals surface area (Å²) in [5, 5.41) is 8.82. The summed E-state index contributed by atoms with van der Waals surface area (Å²) >= 11 is 0. The van der Waals surface area contributed by atoms with Crippen molar-refractivity contribution < 1.29 is 18.0 Å². The van der Waals surface area contributed by atoms with Gasteiger partial charge in [-0.05, 0) is 48.4 Å². The van der Waals surface area contributed by atoms with Gasteiger partial charge in [0, 0.05) is 18.7 Å². The monoisotopic (exact) mass is 346 g/mol. The molecule has 0 N–H and O–H groups in total. The van der Waals surface area contributed by atoms with Crippen molar-refractivity contribution in [1.82, 2.24) is 4.90 Å². The first-order chi connectivity index (χ1) is 11.8. The van der Waals surface area contributed by atoms with Crippen LogP contribution in [0.4, 0.5) is 13.2 Å². The highest BCUT2D eigenvalue weighted by atomic mass is 19.4. The van der Waals surface area contributed by atoms with Gasteiger partial charge in [0.15, 0.2) is 0 Å². The fourth-order valence-electron chi connectivity index (χ4n) is 2.41. The highest BCUT2D eigenvalue weighted by Gasteiger charge is 2.30. The Morgan fingerprint density at radius 2 is 1.68 bits per heavy atom. The van der Waals surface area contributed by atoms with Gasteiger partial charge in [-0.25, -0.2) is 0 Å². The van der Waals surface area contributed by atoms with Gasteiger partial charge in [-0.2, -0.15) is 18.4 Å². The maximum absolute atomic E-state index is 12.6. The first-order valence-electron chi connectivity index (χ1n) is 7.80. The van der Waals surface area contributed by atoms with Crippen molar-refractivity contribution >= 4 is 5.91 Å². The van der Waals surface area contributed by atoms with Gasteiger partial charge in [-0.3, -0.25) is 4.79 Å². The van der Waals surface area contributed by atoms with E-state index in [0.29, 0.717) is 18.7 Å². The largest absolute Gasteiger partial charge is 0.416 e. The Labute approximate surface area is 144 Å². The molecule has 0 unspecified atom stereocenters. The summed E-state index contributed by atoms with van der Waals surface area (Å²) in [4.78, 5) is 14.2. The van der Waals surface area contributed by atoms with Crippen molar-refractivity contribution in [2.24, 2.45) is 0 Å². The Morgan fingerprint density at radius 1 is 1.08 bits per heavy atom. The van der Waals surface area contributed by atoms with E-state index in [0.717, 1.165) is 24.1 Å². The second kappa shape index (κ2) is 7.84. The highest BCUT2D eigenvalue weighted by molar-refractivity contribution is 5.94. The summed E-state index contributed by atoms with van der Waals surface area (Å²) in [6.07, 6.45) is -3.70. The summed E-state index contributed by atoms with van der Waals surface area (Å²) in [6, 6.07) is 13.1. The fourth-order valence-corrected chi connectivity index (χ4v) is 2.41. The van der Waals surface area contributed by atoms with Crippen LogP contribution in [0.15, 0.2) is 48.5 Å². The minimum Gasteiger partial charge on any atom is -0.334 e. The second-order valence-corrected chi connectivity index (χ2v) is 5.61. The number of alkyl halides is 3. The Morgan fingerprint density at radius 3 is 2.16 bits per heavy atom. The van der Waals surface area contributed by atoms with Gasteiger partial charge in [0.2, 0.25) is 0 Å². The van der Waals surface area contributed by atoms with Gasteiger partial charge in [-0.1, -0.05) is 19.1 Å². The van der Waals surface area contributed by atoms with E-state index in [-0.39, 0.29) is 11.5 Å². The molecule has 2 rings (SSSR count). The molecule has 0 aliphatic rings. The molecule has 6 heteroatoms. The average Bonchev–Trinajstić information content (AvgIpc) is 2.61. The number of halogens is 3. The van der Waals surface area contributed by atoms with Gasteiger partial charge >= 0.3 is 6.18 Å². The zero-order valence-corrected chi connectivity index (χ0v) is 13.7. The zero-order chi connectivity index (χ0) is 18.4. The molecule has 0 fully saturated rings. The summed E-state index contributed by atoms with van der Waals surface area (Å²) in [7, 11) is 0. The molecule has 0 saturated carbocycles. The lowest BCUT2D eigenvalue weighted by Crippen LogP contribution is -2.31. The highest BCUT2D eigenvalue weighted by Crippen LogP contribution is 2.29. The standard InChI is InChI=1S/C19H17F3N2O/c1-2-11-24(13-15-5-3-14(12-23)4-6-15)18(25)16-7-9-17(10-8-16)19(20,21)22/h3-10H,2,11,13H2,1H3. The number of nitriles is 1. The van der Waals surface area contributed by atoms with E-state index in [1.165, 1.54) is 12.1 Å². The van der Waals surface area contributed by atoms with Crippen molar-refractivity contribution in [3.63, 3.8) is 0 Å². The van der Waals surface area contributed by atoms with Gasteiger partial charge in [-0.15, -0.1) is 0 Å². The third kappa shape index (κ3) is 4.83. The van der Waals surface area contributed by atoms with E-state index in [1.54, 1.807) is 29.2 Å². The smallest absolute Gasteiger partial charge is 0.334 e. The van der Waals surface area contributed by atoms with Crippen LogP contribution < -0.4 is 0 Å². The number of rotatable bonds is 5. The normalized spacial score (nSPS) is 11.0. The molecule has 0 saturated heterocycles. The predicted octanol–water partition coefficient (Wildman–Crippen LogP) is 4.63. The molecule has 1 amide bonds. The molecule has 130 valence electrons. The van der Waals surface area contributed by atoms with Crippen LogP contribution in [0.1, 0.15) is 40.4 Å². The minimum atomic E-state index is -4.42. The van der Waals surface area contributed by atoms with E-state index < -0.39 is 11.7 Å². The molecule has 2 aromatic rings. The molecule has 3 nitrogen and oxygen atoms in total. The lowest BCUT2D eigenvalue weighted by atomic mass is 10.1. The van der Waals surface area contributed by atoms with Crippen LogP contribution in [0, 0.1) is 11.3 Å². The summed E-state index contributed by atoms with van der Waals surface area (Å²) in [5.74, 6) is -0.320. The Balaban J connectivity index is 2.18. The van der Waals surface area contributed by atoms with Crippen LogP contribution in [-0.2, 0) is 12.7 Å². The van der Waals surface area contributed by atoms with Crippen molar-refractivity contribution in [3.05, 3.63) is 70.8 Å². The van der Waals surface area contributed by atoms with E-state index in [9.17, 15) is 18.0 Å². The van der Waals surface area contributed by atoms with Crippen molar-refractivity contribution in [2.75, 3.05) is 6.54 Å². The maximum atomic E-state index is 12.6. The lowest BCUT2D eigenvalue weighted by Gasteiger charge is -2.22. The van der Waals surface area contributed by atoms with E-state index >= 15 is 0 Å². The summed E-state index contributed by atoms with van der Waals surface area (Å²) in [6.45, 7) is 2.74. The van der Waals surface area contributed by atoms with Crippen LogP contribution in [0.3, 0.4) is 0 Å². The minimum absolute atomic E-state index is 0.218. The van der Waals surface area contributed by atoms with Crippen molar-refractivity contribution in [2.45, 2.75) is 26.1 Å². The number of carbonyl (C=O) groups is 1. The summed E-state index contributed by atoms with van der Waals surface area (Å²) < 4.78 is 37.9. The van der Waals surface area contributed by atoms with Crippen LogP contribution in [-0.4, -0.2) is 17.4 Å². The van der Waals surface area contributed by atoms with E-state index in [2.05, 4.69) is 0 Å². The molecule has 0 aromatic heterocycles. The van der Waals surface area contributed by atoms with Crippen LogP contribution >= 0.6 is 0 Å². The first-order valence-corrected chi connectivity index (χ1v) is 7.80. The molecule has 0 spiro atoms. The quantitative estimate of drug-likeness (QED) is 0.792. The van der Waals surface area contributed by atoms with Gasteiger partial charge in [0.25, 0.3) is 5.91 Å². The molecule has 0 aliphatic carbocycles. The van der Waals surface area contributed by atoms with E-state index in [1.807, 2.05) is 13.0 Å². The van der Waals surface area contributed by atoms with Gasteiger partial charge in [0.05, 0.1) is 17.2 Å². The molecule has 0 aliphatic heterocycles. The summed E-state index contributed by atoms with van der Waals surface area (Å²) in [5.41, 5.74) is 0.820. The van der Waals surface area contributed by atoms with Gasteiger partial charge in [0.1, 0.15) is 0 Å². The Bertz CT molecular complexity index is 759. The Kier molecular flexibility index (Phi) is 5.81. The molecular formula is C19H17F3N2O. The van der Waals surface area contributed by atoms with Crippen LogP contribution in [0.2, 0.25) is 0 Å². The fraction of sp³-hybridized carbons (Fsp3) is 0.263. The number of carbonyl (C=O) groups excluding carboxylic acids is 1. The molecule has 0 atom stereocenters. The lowest BCUT2D eigenvalue weighted by molar-refractivity contribution is -0.137. The predicted molar refractivity (Wildman–Crippen MR) is 87.6 cm³/mol. The van der Waals surface area contributed by atoms with Gasteiger partial charge < -0.3 is 4.90 Å². The topological polar surface area (TPSA) is 44.1 Å². The number of hydrogen-bond acceptors (Lipinski definition) is 2. The number of hydrogen-bond donors (Lipinski definition) is 0. The molecule has 0 heterocycles. The Hall–Kier alpha value is -2.81. The van der Waals surface area contributed by atoms with Crippen LogP contribution in [0.25, 0.3) is 0 Å². The number of benzene rings is 2. The van der Waals surface area contributed by atoms with Crippen molar-refractivity contribution in [3.8, 4) is 6.07 Å². The molecule has 2 aromatic carbocycles. The maximum Gasteiger partial charge on any atom is 0.416 e. The third-order valence-electron chi connectivity index (χ3n) is 3.70. The van der Waals surface area contributed by atoms with E-state index in [4.69, 9.17) is 5.26 Å². The zero-order valence-electron chi connectivity index (χ0n) is 13.7. The van der Waals surface area contributed by atoms with Crippen molar-refractivity contribution in [1.29, 1.82) is 5.26 Å². The molecular weight excluding hydrogens is 329 g/mol. The average molecular weight is 346 g/mol. The number of amides is 1. The van der Waals surface area contributed by atoms with Crippen LogP contribution in [0.5, 0.6) is 0 Å². The molecule has 25 heavy (non-hydrogen) atoms. The third-order valence-corrected chi connectivity index (χ3v) is 3.70. The molecule has 0 radical (unpaired) electrons. The SMILES string of the molecule is CCCN(Cc1ccc(C#N)cc1)C(=O)c1ccc(C(F)(F)F)cc1. The first kappa shape index (κ1) is 18.5. The second-order valence-electron chi connectivity index (χ2n) is 5.61. The number of nitrogens with zero attached hydrogens (tertiary/aromatic N) is 2.